The minimum absolute atomic E-state index is 0.527. The SMILES string of the molecule is CC(=O)NC1C(C(O)C(O)CO)COC(F)C(F)C1N=C(N)N. The van der Waals surface area contributed by atoms with Crippen molar-refractivity contribution in [2.75, 3.05) is 13.2 Å². The average Bonchev–Trinajstić information content (AvgIpc) is 2.58. The van der Waals surface area contributed by atoms with Gasteiger partial charge in [-0.15, -0.1) is 0 Å². The van der Waals surface area contributed by atoms with Crippen molar-refractivity contribution in [1.82, 2.24) is 5.32 Å². The molecule has 7 unspecified atom stereocenters. The number of carbonyl (C=O) groups excluding carboxylic acids is 1. The smallest absolute Gasteiger partial charge is 0.232 e. The molecule has 0 radical (unpaired) electrons. The lowest BCUT2D eigenvalue weighted by Crippen LogP contribution is -2.56. The second-order valence-electron chi connectivity index (χ2n) is 5.30. The van der Waals surface area contributed by atoms with E-state index in [4.69, 9.17) is 16.6 Å². The van der Waals surface area contributed by atoms with Gasteiger partial charge in [0.2, 0.25) is 12.3 Å². The highest BCUT2D eigenvalue weighted by atomic mass is 19.2. The van der Waals surface area contributed by atoms with Gasteiger partial charge in [-0.3, -0.25) is 4.79 Å². The van der Waals surface area contributed by atoms with Crippen LogP contribution in [0.3, 0.4) is 0 Å². The lowest BCUT2D eigenvalue weighted by atomic mass is 9.86. The number of halogens is 2. The standard InChI is InChI=1S/C12H22F2N4O5/c1-4(20)17-8-5(10(22)6(21)2-19)3-23-11(14)7(13)9(8)18-12(15)16/h5-11,19,21-22H,2-3H2,1H3,(H,17,20)(H4,15,16,18). The normalized spacial score (nSPS) is 34.1. The molecule has 1 aliphatic heterocycles. The van der Waals surface area contributed by atoms with Gasteiger partial charge in [-0.1, -0.05) is 0 Å². The van der Waals surface area contributed by atoms with E-state index in [0.717, 1.165) is 6.92 Å². The largest absolute Gasteiger partial charge is 0.394 e. The first-order chi connectivity index (χ1) is 10.7. The Hall–Kier alpha value is -1.56. The van der Waals surface area contributed by atoms with Crippen LogP contribution in [0, 0.1) is 5.92 Å². The zero-order chi connectivity index (χ0) is 17.7. The molecule has 0 spiro atoms. The number of nitrogens with zero attached hydrogens (tertiary/aromatic N) is 1. The molecular weight excluding hydrogens is 318 g/mol. The molecule has 0 aromatic heterocycles. The number of aliphatic hydroxyl groups excluding tert-OH is 3. The molecule has 134 valence electrons. The second-order valence-corrected chi connectivity index (χ2v) is 5.30. The average molecular weight is 340 g/mol. The van der Waals surface area contributed by atoms with Gasteiger partial charge in [0.25, 0.3) is 0 Å². The molecule has 1 rings (SSSR count). The summed E-state index contributed by atoms with van der Waals surface area (Å²) in [7, 11) is 0. The van der Waals surface area contributed by atoms with Crippen molar-refractivity contribution < 1.29 is 33.6 Å². The first kappa shape index (κ1) is 19.5. The van der Waals surface area contributed by atoms with Gasteiger partial charge in [0.05, 0.1) is 25.4 Å². The van der Waals surface area contributed by atoms with Crippen LogP contribution in [0.1, 0.15) is 6.92 Å². The third kappa shape index (κ3) is 4.96. The highest BCUT2D eigenvalue weighted by Gasteiger charge is 2.47. The van der Waals surface area contributed by atoms with Crippen molar-refractivity contribution in [3.05, 3.63) is 0 Å². The van der Waals surface area contributed by atoms with Gasteiger partial charge in [0.1, 0.15) is 12.1 Å². The second kappa shape index (κ2) is 8.34. The Morgan fingerprint density at radius 1 is 1.43 bits per heavy atom. The number of aliphatic imine (C=N–C) groups is 1. The maximum Gasteiger partial charge on any atom is 0.232 e. The molecule has 7 atom stereocenters. The number of nitrogens with one attached hydrogen (secondary N) is 1. The van der Waals surface area contributed by atoms with Crippen molar-refractivity contribution in [3.63, 3.8) is 0 Å². The maximum absolute atomic E-state index is 14.2. The maximum atomic E-state index is 14.2. The number of hydrogen-bond acceptors (Lipinski definition) is 6. The molecular formula is C12H22F2N4O5. The topological polar surface area (TPSA) is 163 Å². The molecule has 23 heavy (non-hydrogen) atoms. The van der Waals surface area contributed by atoms with Crippen LogP contribution in [0.15, 0.2) is 4.99 Å². The van der Waals surface area contributed by atoms with Crippen LogP contribution in [0.25, 0.3) is 0 Å². The molecule has 1 fully saturated rings. The lowest BCUT2D eigenvalue weighted by Gasteiger charge is -2.34. The Bertz CT molecular complexity index is 438. The van der Waals surface area contributed by atoms with Gasteiger partial charge in [0, 0.05) is 12.8 Å². The molecule has 8 N–H and O–H groups in total. The summed E-state index contributed by atoms with van der Waals surface area (Å²) in [5.74, 6) is -2.31. The van der Waals surface area contributed by atoms with Crippen LogP contribution in [0.4, 0.5) is 8.78 Å². The van der Waals surface area contributed by atoms with Crippen molar-refractivity contribution >= 4 is 11.9 Å². The molecule has 0 aliphatic carbocycles. The van der Waals surface area contributed by atoms with Crippen LogP contribution in [-0.2, 0) is 9.53 Å². The Kier molecular flexibility index (Phi) is 7.06. The molecule has 0 saturated carbocycles. The zero-order valence-corrected chi connectivity index (χ0v) is 12.5. The number of guanidine groups is 1. The zero-order valence-electron chi connectivity index (χ0n) is 12.5. The number of carbonyl (C=O) groups is 1. The number of alkyl halides is 2. The summed E-state index contributed by atoms with van der Waals surface area (Å²) in [5, 5.41) is 30.9. The van der Waals surface area contributed by atoms with Crippen LogP contribution in [0.5, 0.6) is 0 Å². The summed E-state index contributed by atoms with van der Waals surface area (Å²) in [4.78, 5) is 15.0. The number of rotatable bonds is 5. The first-order valence-corrected chi connectivity index (χ1v) is 6.91. The van der Waals surface area contributed by atoms with Gasteiger partial charge in [-0.2, -0.15) is 0 Å². The van der Waals surface area contributed by atoms with Crippen LogP contribution >= 0.6 is 0 Å². The molecule has 1 amide bonds. The highest BCUT2D eigenvalue weighted by molar-refractivity contribution is 5.76. The quantitative estimate of drug-likeness (QED) is 0.231. The molecule has 9 nitrogen and oxygen atoms in total. The van der Waals surface area contributed by atoms with Crippen molar-refractivity contribution in [1.29, 1.82) is 0 Å². The Morgan fingerprint density at radius 3 is 2.52 bits per heavy atom. The third-order valence-corrected chi connectivity index (χ3v) is 3.54. The van der Waals surface area contributed by atoms with E-state index in [1.165, 1.54) is 0 Å². The fraction of sp³-hybridized carbons (Fsp3) is 0.833. The summed E-state index contributed by atoms with van der Waals surface area (Å²) in [6, 6.07) is -2.84. The highest BCUT2D eigenvalue weighted by Crippen LogP contribution is 2.28. The van der Waals surface area contributed by atoms with Crippen LogP contribution in [-0.4, -0.2) is 77.2 Å². The molecule has 1 heterocycles. The molecule has 0 bridgehead atoms. The number of amides is 1. The van der Waals surface area contributed by atoms with Crippen molar-refractivity contribution in [3.8, 4) is 0 Å². The van der Waals surface area contributed by atoms with E-state index in [1.54, 1.807) is 0 Å². The number of aliphatic hydroxyl groups is 3. The summed E-state index contributed by atoms with van der Waals surface area (Å²) in [6.07, 6.45) is -7.93. The molecule has 11 heteroatoms. The lowest BCUT2D eigenvalue weighted by molar-refractivity contribution is -0.122. The van der Waals surface area contributed by atoms with E-state index in [0.29, 0.717) is 0 Å². The van der Waals surface area contributed by atoms with E-state index in [-0.39, 0.29) is 0 Å². The monoisotopic (exact) mass is 340 g/mol. The van der Waals surface area contributed by atoms with E-state index in [2.05, 4.69) is 15.0 Å². The molecule has 1 saturated heterocycles. The van der Waals surface area contributed by atoms with E-state index in [1.807, 2.05) is 0 Å². The summed E-state index contributed by atoms with van der Waals surface area (Å²) in [6.45, 7) is -0.193. The predicted octanol–water partition coefficient (Wildman–Crippen LogP) is -2.87. The number of nitrogens with two attached hydrogens (primary N) is 2. The van der Waals surface area contributed by atoms with E-state index in [9.17, 15) is 23.8 Å². The summed E-state index contributed by atoms with van der Waals surface area (Å²) < 4.78 is 32.6. The van der Waals surface area contributed by atoms with Crippen LogP contribution < -0.4 is 16.8 Å². The Balaban J connectivity index is 3.24. The third-order valence-electron chi connectivity index (χ3n) is 3.54. The van der Waals surface area contributed by atoms with E-state index >= 15 is 0 Å². The van der Waals surface area contributed by atoms with Crippen LogP contribution in [0.2, 0.25) is 0 Å². The Morgan fingerprint density at radius 2 is 2.04 bits per heavy atom. The fourth-order valence-corrected chi connectivity index (χ4v) is 2.46. The van der Waals surface area contributed by atoms with Gasteiger partial charge >= 0.3 is 0 Å². The number of ether oxygens (including phenoxy) is 1. The fourth-order valence-electron chi connectivity index (χ4n) is 2.46. The van der Waals surface area contributed by atoms with Crippen molar-refractivity contribution in [2.45, 2.75) is 43.7 Å². The van der Waals surface area contributed by atoms with Gasteiger partial charge in [-0.05, 0) is 0 Å². The van der Waals surface area contributed by atoms with Crippen molar-refractivity contribution in [2.24, 2.45) is 22.4 Å². The minimum Gasteiger partial charge on any atom is -0.394 e. The van der Waals surface area contributed by atoms with Gasteiger partial charge in [-0.25, -0.2) is 13.8 Å². The Labute approximate surface area is 131 Å². The number of hydrogen-bond donors (Lipinski definition) is 6. The van der Waals surface area contributed by atoms with Gasteiger partial charge < -0.3 is 36.8 Å². The van der Waals surface area contributed by atoms with E-state index < -0.39 is 67.8 Å². The van der Waals surface area contributed by atoms with Gasteiger partial charge in [0.15, 0.2) is 12.1 Å². The first-order valence-electron chi connectivity index (χ1n) is 6.91. The molecule has 1 aliphatic rings. The summed E-state index contributed by atoms with van der Waals surface area (Å²) >= 11 is 0. The molecule has 0 aromatic rings. The predicted molar refractivity (Wildman–Crippen MR) is 75.5 cm³/mol. The minimum atomic E-state index is -2.39. The summed E-state index contributed by atoms with van der Waals surface area (Å²) in [5.41, 5.74) is 10.4. The molecule has 0 aromatic carbocycles.